The summed E-state index contributed by atoms with van der Waals surface area (Å²) in [7, 11) is 1.47. The highest BCUT2D eigenvalue weighted by molar-refractivity contribution is 7.47. The van der Waals surface area contributed by atoms with Gasteiger partial charge in [0.1, 0.15) is 19.8 Å². The van der Waals surface area contributed by atoms with E-state index in [0.29, 0.717) is 17.4 Å². The van der Waals surface area contributed by atoms with Gasteiger partial charge >= 0.3 is 19.8 Å². The Kier molecular flexibility index (Phi) is 55.8. The van der Waals surface area contributed by atoms with E-state index < -0.39 is 26.5 Å². The summed E-state index contributed by atoms with van der Waals surface area (Å²) in [6, 6.07) is 0. The molecule has 0 saturated heterocycles. The monoisotopic (exact) mass is 1110 g/mol. The second-order valence-electron chi connectivity index (χ2n) is 22.0. The molecular formula is C68H119NO8P+. The van der Waals surface area contributed by atoms with Crippen molar-refractivity contribution in [2.45, 2.75) is 264 Å². The molecule has 10 heteroatoms. The van der Waals surface area contributed by atoms with Crippen molar-refractivity contribution in [1.29, 1.82) is 0 Å². The number of likely N-dealkylation sites (N-methyl/N-ethyl adjacent to an activating group) is 1. The molecule has 78 heavy (non-hydrogen) atoms. The van der Waals surface area contributed by atoms with Crippen LogP contribution in [0.1, 0.15) is 258 Å². The quantitative estimate of drug-likeness (QED) is 0.0211. The maximum atomic E-state index is 12.9. The number of allylic oxidation sites excluding steroid dienone is 18. The van der Waals surface area contributed by atoms with Crippen LogP contribution in [0.4, 0.5) is 0 Å². The Morgan fingerprint density at radius 1 is 0.397 bits per heavy atom. The standard InChI is InChI=1S/C68H118NO8P/c1-6-8-10-12-14-16-18-20-22-24-26-28-30-31-32-33-34-35-36-37-39-41-43-45-47-49-51-53-55-57-59-61-68(71)77-66(65-76-78(72,73)75-63-62-69(3,4)5)64-74-67(70)60-58-56-54-52-50-48-46-44-42-40-38-29-27-25-23-21-19-17-15-13-11-9-7-2/h8-11,14-17,20-23,26-29,31-32,66H,6-7,12-13,18-19,24-25,30,33-65H2,1-5H3/p+1/b10-8-,11-9-,16-14-,17-15-,22-20-,23-21-,28-26-,29-27-,32-31-. The first-order valence-corrected chi connectivity index (χ1v) is 33.1. The Bertz CT molecular complexity index is 1680. The zero-order valence-corrected chi connectivity index (χ0v) is 51.8. The summed E-state index contributed by atoms with van der Waals surface area (Å²) in [5.74, 6) is -0.802. The van der Waals surface area contributed by atoms with Crippen molar-refractivity contribution < 1.29 is 42.1 Å². The van der Waals surface area contributed by atoms with Gasteiger partial charge in [-0.25, -0.2) is 4.57 Å². The summed E-state index contributed by atoms with van der Waals surface area (Å²) in [4.78, 5) is 35.8. The Hall–Kier alpha value is -3.33. The van der Waals surface area contributed by atoms with Gasteiger partial charge in [-0.3, -0.25) is 18.6 Å². The van der Waals surface area contributed by atoms with Gasteiger partial charge in [0, 0.05) is 12.8 Å². The fourth-order valence-electron chi connectivity index (χ4n) is 8.51. The van der Waals surface area contributed by atoms with Gasteiger partial charge in [0.15, 0.2) is 6.10 Å². The molecule has 0 aliphatic carbocycles. The largest absolute Gasteiger partial charge is 0.472 e. The SMILES string of the molecule is CC/C=C\C/C=C\C/C=C\C/C=C\C/C=C\CCCCCCCCCCCCCCCCCC(=O)OC(COC(=O)CCCCCCCCCCCC/C=C\C/C=C\C/C=C\C/C=C\CC)COP(=O)(O)OCC[N+](C)(C)C. The molecule has 448 valence electrons. The molecule has 0 heterocycles. The van der Waals surface area contributed by atoms with Gasteiger partial charge in [0.25, 0.3) is 0 Å². The van der Waals surface area contributed by atoms with E-state index in [1.54, 1.807) is 0 Å². The maximum Gasteiger partial charge on any atom is 0.472 e. The third kappa shape index (κ3) is 61.9. The van der Waals surface area contributed by atoms with Crippen molar-refractivity contribution in [3.05, 3.63) is 109 Å². The lowest BCUT2D eigenvalue weighted by Gasteiger charge is -2.24. The molecule has 2 unspecified atom stereocenters. The number of carbonyl (C=O) groups excluding carboxylic acids is 2. The number of hydrogen-bond acceptors (Lipinski definition) is 7. The number of unbranched alkanes of at least 4 members (excludes halogenated alkanes) is 25. The molecule has 0 fully saturated rings. The maximum absolute atomic E-state index is 12.9. The van der Waals surface area contributed by atoms with Crippen molar-refractivity contribution >= 4 is 19.8 Å². The molecule has 2 atom stereocenters. The van der Waals surface area contributed by atoms with Gasteiger partial charge in [0.05, 0.1) is 27.7 Å². The molecule has 0 aromatic carbocycles. The summed E-state index contributed by atoms with van der Waals surface area (Å²) >= 11 is 0. The molecular weight excluding hydrogens is 990 g/mol. The molecule has 0 amide bonds. The number of esters is 2. The first kappa shape index (κ1) is 74.7. The molecule has 0 saturated carbocycles. The molecule has 0 bridgehead atoms. The topological polar surface area (TPSA) is 108 Å². The van der Waals surface area contributed by atoms with Crippen LogP contribution < -0.4 is 0 Å². The van der Waals surface area contributed by atoms with Gasteiger partial charge < -0.3 is 18.9 Å². The average molecular weight is 1110 g/mol. The van der Waals surface area contributed by atoms with Crippen LogP contribution in [0.15, 0.2) is 109 Å². The second-order valence-corrected chi connectivity index (χ2v) is 23.5. The third-order valence-electron chi connectivity index (χ3n) is 13.3. The van der Waals surface area contributed by atoms with Crippen LogP contribution >= 0.6 is 7.82 Å². The third-order valence-corrected chi connectivity index (χ3v) is 14.3. The van der Waals surface area contributed by atoms with Crippen LogP contribution in [0.2, 0.25) is 0 Å². The van der Waals surface area contributed by atoms with E-state index in [1.165, 1.54) is 122 Å². The number of hydrogen-bond donors (Lipinski definition) is 1. The van der Waals surface area contributed by atoms with Gasteiger partial charge in [-0.05, 0) is 96.3 Å². The molecule has 0 aromatic rings. The minimum absolute atomic E-state index is 0.0269. The lowest BCUT2D eigenvalue weighted by Crippen LogP contribution is -2.37. The van der Waals surface area contributed by atoms with Crippen LogP contribution in [-0.4, -0.2) is 74.9 Å². The van der Waals surface area contributed by atoms with Gasteiger partial charge in [-0.15, -0.1) is 0 Å². The number of quaternary nitrogens is 1. The van der Waals surface area contributed by atoms with E-state index in [4.69, 9.17) is 18.5 Å². The van der Waals surface area contributed by atoms with E-state index in [-0.39, 0.29) is 32.0 Å². The molecule has 0 spiro atoms. The van der Waals surface area contributed by atoms with Crippen molar-refractivity contribution in [2.24, 2.45) is 0 Å². The van der Waals surface area contributed by atoms with E-state index >= 15 is 0 Å². The van der Waals surface area contributed by atoms with Crippen LogP contribution in [0.5, 0.6) is 0 Å². The second kappa shape index (κ2) is 58.3. The van der Waals surface area contributed by atoms with E-state index in [0.717, 1.165) is 103 Å². The molecule has 1 N–H and O–H groups in total. The highest BCUT2D eigenvalue weighted by atomic mass is 31.2. The molecule has 0 aliphatic rings. The van der Waals surface area contributed by atoms with Gasteiger partial charge in [-0.1, -0.05) is 258 Å². The number of ether oxygens (including phenoxy) is 2. The molecule has 0 aromatic heterocycles. The highest BCUT2D eigenvalue weighted by Crippen LogP contribution is 2.43. The van der Waals surface area contributed by atoms with E-state index in [9.17, 15) is 19.0 Å². The van der Waals surface area contributed by atoms with Crippen LogP contribution in [0, 0.1) is 0 Å². The highest BCUT2D eigenvalue weighted by Gasteiger charge is 2.27. The number of phosphoric acid groups is 1. The zero-order chi connectivity index (χ0) is 57.0. The van der Waals surface area contributed by atoms with Crippen molar-refractivity contribution in [3.8, 4) is 0 Å². The molecule has 0 rings (SSSR count). The van der Waals surface area contributed by atoms with Crippen LogP contribution in [0.3, 0.4) is 0 Å². The first-order chi connectivity index (χ1) is 38.0. The minimum Gasteiger partial charge on any atom is -0.462 e. The van der Waals surface area contributed by atoms with E-state index in [1.807, 2.05) is 21.1 Å². The predicted molar refractivity (Wildman–Crippen MR) is 335 cm³/mol. The van der Waals surface area contributed by atoms with Crippen LogP contribution in [-0.2, 0) is 32.7 Å². The van der Waals surface area contributed by atoms with Crippen molar-refractivity contribution in [2.75, 3.05) is 47.5 Å². The van der Waals surface area contributed by atoms with Crippen molar-refractivity contribution in [1.82, 2.24) is 0 Å². The summed E-state index contributed by atoms with van der Waals surface area (Å²) in [5.41, 5.74) is 0. The van der Waals surface area contributed by atoms with Gasteiger partial charge in [0.2, 0.25) is 0 Å². The lowest BCUT2D eigenvalue weighted by molar-refractivity contribution is -0.870. The smallest absolute Gasteiger partial charge is 0.462 e. The van der Waals surface area contributed by atoms with Crippen LogP contribution in [0.25, 0.3) is 0 Å². The van der Waals surface area contributed by atoms with Gasteiger partial charge in [-0.2, -0.15) is 0 Å². The Morgan fingerprint density at radius 2 is 0.692 bits per heavy atom. The number of carbonyl (C=O) groups is 2. The molecule has 0 aliphatic heterocycles. The average Bonchev–Trinajstić information content (AvgIpc) is 3.40. The fraction of sp³-hybridized carbons (Fsp3) is 0.706. The number of rotatable bonds is 57. The first-order valence-electron chi connectivity index (χ1n) is 31.6. The number of nitrogens with zero attached hydrogens (tertiary/aromatic N) is 1. The Balaban J connectivity index is 4.11. The van der Waals surface area contributed by atoms with Crippen molar-refractivity contribution in [3.63, 3.8) is 0 Å². The summed E-state index contributed by atoms with van der Waals surface area (Å²) in [5, 5.41) is 0. The Labute approximate surface area is 480 Å². The summed E-state index contributed by atoms with van der Waals surface area (Å²) in [6.45, 7) is 4.21. The van der Waals surface area contributed by atoms with E-state index in [2.05, 4.69) is 123 Å². The molecule has 9 nitrogen and oxygen atoms in total. The Morgan fingerprint density at radius 3 is 1.03 bits per heavy atom. The normalized spacial score (nSPS) is 14.0. The zero-order valence-electron chi connectivity index (χ0n) is 50.9. The lowest BCUT2D eigenvalue weighted by atomic mass is 10.0. The predicted octanol–water partition coefficient (Wildman–Crippen LogP) is 20.2. The summed E-state index contributed by atoms with van der Waals surface area (Å²) in [6.07, 6.45) is 81.6. The molecule has 0 radical (unpaired) electrons. The summed E-state index contributed by atoms with van der Waals surface area (Å²) < 4.78 is 34.7. The minimum atomic E-state index is -4.40. The number of phosphoric ester groups is 1. The fourth-order valence-corrected chi connectivity index (χ4v) is 9.25.